The lowest BCUT2D eigenvalue weighted by Crippen LogP contribution is -2.49. The Morgan fingerprint density at radius 2 is 2.20 bits per heavy atom. The van der Waals surface area contributed by atoms with Crippen molar-refractivity contribution in [2.45, 2.75) is 52.0 Å². The maximum atomic E-state index is 12.1. The Labute approximate surface area is 101 Å². The van der Waals surface area contributed by atoms with Crippen LogP contribution < -0.4 is 5.32 Å². The topological polar surface area (TPSA) is 29.1 Å². The molecule has 0 aromatic heterocycles. The van der Waals surface area contributed by atoms with Gasteiger partial charge in [0, 0.05) is 16.8 Å². The SMILES string of the molecule is CCC(C)(CBr)NC(=O)C1CCCC1C. The minimum Gasteiger partial charge on any atom is -0.350 e. The first-order valence-electron chi connectivity index (χ1n) is 5.90. The van der Waals surface area contributed by atoms with Crippen LogP contribution in [-0.4, -0.2) is 16.8 Å². The number of alkyl halides is 1. The second kappa shape index (κ2) is 5.33. The predicted octanol–water partition coefficient (Wildman–Crippen LogP) is 3.10. The fraction of sp³-hybridized carbons (Fsp3) is 0.917. The number of rotatable bonds is 4. The summed E-state index contributed by atoms with van der Waals surface area (Å²) in [4.78, 5) is 12.1. The molecule has 0 aromatic rings. The van der Waals surface area contributed by atoms with Crippen LogP contribution in [-0.2, 0) is 4.79 Å². The van der Waals surface area contributed by atoms with Crippen LogP contribution in [0, 0.1) is 11.8 Å². The van der Waals surface area contributed by atoms with E-state index in [0.717, 1.165) is 18.2 Å². The van der Waals surface area contributed by atoms with E-state index in [-0.39, 0.29) is 17.4 Å². The molecule has 0 radical (unpaired) electrons. The van der Waals surface area contributed by atoms with E-state index >= 15 is 0 Å². The molecule has 3 unspecified atom stereocenters. The van der Waals surface area contributed by atoms with Crippen LogP contribution in [0.25, 0.3) is 0 Å². The summed E-state index contributed by atoms with van der Waals surface area (Å²) in [6.45, 7) is 6.40. The summed E-state index contributed by atoms with van der Waals surface area (Å²) < 4.78 is 0. The highest BCUT2D eigenvalue weighted by Gasteiger charge is 2.33. The molecule has 0 aromatic carbocycles. The van der Waals surface area contributed by atoms with Crippen molar-refractivity contribution < 1.29 is 4.79 Å². The van der Waals surface area contributed by atoms with E-state index in [1.807, 2.05) is 0 Å². The van der Waals surface area contributed by atoms with Crippen molar-refractivity contribution >= 4 is 21.8 Å². The highest BCUT2D eigenvalue weighted by molar-refractivity contribution is 9.09. The molecule has 0 saturated heterocycles. The van der Waals surface area contributed by atoms with Gasteiger partial charge in [-0.3, -0.25) is 4.79 Å². The lowest BCUT2D eigenvalue weighted by Gasteiger charge is -2.29. The Morgan fingerprint density at radius 3 is 2.60 bits per heavy atom. The summed E-state index contributed by atoms with van der Waals surface area (Å²) >= 11 is 3.47. The number of carbonyl (C=O) groups excluding carboxylic acids is 1. The second-order valence-electron chi connectivity index (χ2n) is 5.05. The normalized spacial score (nSPS) is 29.9. The van der Waals surface area contributed by atoms with E-state index in [2.05, 4.69) is 42.0 Å². The van der Waals surface area contributed by atoms with Crippen LogP contribution >= 0.6 is 15.9 Å². The van der Waals surface area contributed by atoms with E-state index in [9.17, 15) is 4.79 Å². The molecule has 0 aliphatic heterocycles. The first-order valence-corrected chi connectivity index (χ1v) is 7.02. The van der Waals surface area contributed by atoms with E-state index in [1.54, 1.807) is 0 Å². The Hall–Kier alpha value is -0.0500. The maximum Gasteiger partial charge on any atom is 0.223 e. The molecule has 1 aliphatic rings. The Kier molecular flexibility index (Phi) is 4.63. The van der Waals surface area contributed by atoms with Gasteiger partial charge in [0.1, 0.15) is 0 Å². The van der Waals surface area contributed by atoms with Gasteiger partial charge >= 0.3 is 0 Å². The van der Waals surface area contributed by atoms with Gasteiger partial charge in [0.25, 0.3) is 0 Å². The predicted molar refractivity (Wildman–Crippen MR) is 67.1 cm³/mol. The minimum atomic E-state index is -0.0839. The summed E-state index contributed by atoms with van der Waals surface area (Å²) in [7, 11) is 0. The van der Waals surface area contributed by atoms with Crippen molar-refractivity contribution in [2.75, 3.05) is 5.33 Å². The lowest BCUT2D eigenvalue weighted by molar-refractivity contribution is -0.127. The molecular weight excluding hydrogens is 254 g/mol. The van der Waals surface area contributed by atoms with Crippen molar-refractivity contribution in [1.82, 2.24) is 5.32 Å². The zero-order chi connectivity index (χ0) is 11.5. The lowest BCUT2D eigenvalue weighted by atomic mass is 9.94. The number of carbonyl (C=O) groups is 1. The average molecular weight is 276 g/mol. The van der Waals surface area contributed by atoms with Gasteiger partial charge in [-0.2, -0.15) is 0 Å². The van der Waals surface area contributed by atoms with Crippen LogP contribution in [0.2, 0.25) is 0 Å². The standard InChI is InChI=1S/C12H22BrNO/c1-4-12(3,8-13)14-11(15)10-7-5-6-9(10)2/h9-10H,4-8H2,1-3H3,(H,14,15). The molecule has 0 bridgehead atoms. The maximum absolute atomic E-state index is 12.1. The third-order valence-corrected chi connectivity index (χ3v) is 4.94. The molecule has 0 heterocycles. The van der Waals surface area contributed by atoms with Crippen molar-refractivity contribution in [1.29, 1.82) is 0 Å². The zero-order valence-electron chi connectivity index (χ0n) is 9.98. The molecule has 1 rings (SSSR count). The van der Waals surface area contributed by atoms with E-state index in [4.69, 9.17) is 0 Å². The highest BCUT2D eigenvalue weighted by Crippen LogP contribution is 2.31. The average Bonchev–Trinajstić information content (AvgIpc) is 2.64. The van der Waals surface area contributed by atoms with Crippen molar-refractivity contribution in [3.8, 4) is 0 Å². The Balaban J connectivity index is 2.54. The van der Waals surface area contributed by atoms with Gasteiger partial charge in [0.05, 0.1) is 0 Å². The molecule has 1 amide bonds. The number of amides is 1. The summed E-state index contributed by atoms with van der Waals surface area (Å²) in [5.74, 6) is 1.06. The van der Waals surface area contributed by atoms with Crippen LogP contribution in [0.1, 0.15) is 46.5 Å². The van der Waals surface area contributed by atoms with Crippen molar-refractivity contribution in [3.05, 3.63) is 0 Å². The quantitative estimate of drug-likeness (QED) is 0.785. The molecule has 3 heteroatoms. The van der Waals surface area contributed by atoms with Crippen LogP contribution in [0.4, 0.5) is 0 Å². The fourth-order valence-electron chi connectivity index (χ4n) is 2.14. The van der Waals surface area contributed by atoms with Gasteiger partial charge in [0.2, 0.25) is 5.91 Å². The van der Waals surface area contributed by atoms with Gasteiger partial charge in [0.15, 0.2) is 0 Å². The molecule has 88 valence electrons. The second-order valence-corrected chi connectivity index (χ2v) is 5.61. The molecule has 1 N–H and O–H groups in total. The monoisotopic (exact) mass is 275 g/mol. The van der Waals surface area contributed by atoms with Gasteiger partial charge in [-0.15, -0.1) is 0 Å². The van der Waals surface area contributed by atoms with Crippen molar-refractivity contribution in [3.63, 3.8) is 0 Å². The van der Waals surface area contributed by atoms with Crippen LogP contribution in [0.5, 0.6) is 0 Å². The van der Waals surface area contributed by atoms with Gasteiger partial charge < -0.3 is 5.32 Å². The molecule has 1 aliphatic carbocycles. The van der Waals surface area contributed by atoms with Gasteiger partial charge in [-0.05, 0) is 32.1 Å². The summed E-state index contributed by atoms with van der Waals surface area (Å²) in [6.07, 6.45) is 4.44. The number of halogens is 1. The smallest absolute Gasteiger partial charge is 0.223 e. The molecule has 15 heavy (non-hydrogen) atoms. The number of nitrogens with one attached hydrogen (secondary N) is 1. The molecule has 2 nitrogen and oxygen atoms in total. The molecule has 1 saturated carbocycles. The third-order valence-electron chi connectivity index (χ3n) is 3.70. The number of hydrogen-bond acceptors (Lipinski definition) is 1. The molecular formula is C12H22BrNO. The minimum absolute atomic E-state index is 0.0839. The Bertz CT molecular complexity index is 226. The molecule has 3 atom stereocenters. The highest BCUT2D eigenvalue weighted by atomic mass is 79.9. The fourth-order valence-corrected chi connectivity index (χ4v) is 2.68. The first kappa shape index (κ1) is 13.0. The van der Waals surface area contributed by atoms with Crippen molar-refractivity contribution in [2.24, 2.45) is 11.8 Å². The summed E-state index contributed by atoms with van der Waals surface area (Å²) in [6, 6.07) is 0. The molecule has 1 fully saturated rings. The largest absolute Gasteiger partial charge is 0.350 e. The summed E-state index contributed by atoms with van der Waals surface area (Å²) in [5.41, 5.74) is -0.0839. The van der Waals surface area contributed by atoms with Gasteiger partial charge in [-0.25, -0.2) is 0 Å². The van der Waals surface area contributed by atoms with E-state index in [1.165, 1.54) is 12.8 Å². The van der Waals surface area contributed by atoms with Gasteiger partial charge in [-0.1, -0.05) is 36.2 Å². The van der Waals surface area contributed by atoms with Crippen LogP contribution in [0.3, 0.4) is 0 Å². The van der Waals surface area contributed by atoms with Crippen LogP contribution in [0.15, 0.2) is 0 Å². The zero-order valence-corrected chi connectivity index (χ0v) is 11.6. The van der Waals surface area contributed by atoms with E-state index < -0.39 is 0 Å². The van der Waals surface area contributed by atoms with E-state index in [0.29, 0.717) is 5.92 Å². The molecule has 0 spiro atoms. The number of hydrogen-bond donors (Lipinski definition) is 1. The Morgan fingerprint density at radius 1 is 1.53 bits per heavy atom. The third kappa shape index (κ3) is 3.20. The summed E-state index contributed by atoms with van der Waals surface area (Å²) in [5, 5.41) is 4.00. The first-order chi connectivity index (χ1) is 7.02.